The lowest BCUT2D eigenvalue weighted by atomic mass is 9.94. The highest BCUT2D eigenvalue weighted by molar-refractivity contribution is 5.96. The summed E-state index contributed by atoms with van der Waals surface area (Å²) in [6.07, 6.45) is 4.61. The molecule has 0 aliphatic carbocycles. The molecule has 2 unspecified atom stereocenters. The smallest absolute Gasteiger partial charge is 0.267 e. The van der Waals surface area contributed by atoms with Gasteiger partial charge < -0.3 is 20.1 Å². The van der Waals surface area contributed by atoms with E-state index in [1.807, 2.05) is 6.07 Å². The average Bonchev–Trinajstić information content (AvgIpc) is 2.61. The molecule has 1 aliphatic heterocycles. The van der Waals surface area contributed by atoms with Crippen LogP contribution in [0.4, 0.5) is 5.69 Å². The van der Waals surface area contributed by atoms with Crippen LogP contribution in [0.5, 0.6) is 0 Å². The van der Waals surface area contributed by atoms with Crippen LogP contribution < -0.4 is 10.6 Å². The Labute approximate surface area is 140 Å². The van der Waals surface area contributed by atoms with E-state index >= 15 is 0 Å². The summed E-state index contributed by atoms with van der Waals surface area (Å²) in [6, 6.07) is 3.45. The van der Waals surface area contributed by atoms with Gasteiger partial charge in [-0.3, -0.25) is 9.78 Å². The zero-order valence-electron chi connectivity index (χ0n) is 13.9. The van der Waals surface area contributed by atoms with Crippen LogP contribution in [0.15, 0.2) is 24.5 Å². The highest BCUT2D eigenvalue weighted by Gasteiger charge is 2.30. The number of amides is 1. The van der Waals surface area contributed by atoms with E-state index in [-0.39, 0.29) is 17.7 Å². The Kier molecular flexibility index (Phi) is 4.92. The average molecular weight is 330 g/mol. The molecule has 7 nitrogen and oxygen atoms in total. The number of methoxy groups -OCH3 is 2. The molecule has 2 N–H and O–H groups in total. The van der Waals surface area contributed by atoms with Crippen LogP contribution in [0.2, 0.25) is 0 Å². The van der Waals surface area contributed by atoms with Crippen molar-refractivity contribution in [2.45, 2.75) is 12.5 Å². The van der Waals surface area contributed by atoms with Gasteiger partial charge in [-0.15, -0.1) is 0 Å². The van der Waals surface area contributed by atoms with E-state index in [0.29, 0.717) is 6.61 Å². The number of hydrogen-bond acceptors (Lipinski definition) is 6. The molecule has 1 saturated heterocycles. The van der Waals surface area contributed by atoms with Gasteiger partial charge in [0.05, 0.1) is 30.1 Å². The van der Waals surface area contributed by atoms with Gasteiger partial charge >= 0.3 is 0 Å². The van der Waals surface area contributed by atoms with Crippen molar-refractivity contribution in [3.05, 3.63) is 30.2 Å². The van der Waals surface area contributed by atoms with Gasteiger partial charge in [0.2, 0.25) is 0 Å². The third kappa shape index (κ3) is 3.18. The number of nitrogens with two attached hydrogens (primary N) is 1. The first-order valence-corrected chi connectivity index (χ1v) is 7.95. The van der Waals surface area contributed by atoms with Crippen molar-refractivity contribution in [2.24, 2.45) is 11.7 Å². The fraction of sp³-hybridized carbons (Fsp3) is 0.471. The predicted molar refractivity (Wildman–Crippen MR) is 91.0 cm³/mol. The Hall–Kier alpha value is -2.25. The van der Waals surface area contributed by atoms with Crippen molar-refractivity contribution in [2.75, 3.05) is 38.8 Å². The first kappa shape index (κ1) is 16.6. The second-order valence-corrected chi connectivity index (χ2v) is 6.02. The standard InChI is InChI=1S/C17H22N4O3/c1-23-10-12-9-21(6-5-15(12)24-2)14-8-19-7-11-3-4-13(17(18)22)20-16(11)14/h3-4,7-8,12,15H,5-6,9-10H2,1-2H3,(H2,18,22). The van der Waals surface area contributed by atoms with E-state index in [1.54, 1.807) is 32.7 Å². The first-order valence-electron chi connectivity index (χ1n) is 7.95. The SMILES string of the molecule is COCC1CN(c2cncc3ccc(C(N)=O)nc23)CCC1OC. The third-order valence-corrected chi connectivity index (χ3v) is 4.52. The van der Waals surface area contributed by atoms with E-state index < -0.39 is 5.91 Å². The van der Waals surface area contributed by atoms with Crippen molar-refractivity contribution in [1.29, 1.82) is 0 Å². The van der Waals surface area contributed by atoms with Gasteiger partial charge in [-0.25, -0.2) is 4.98 Å². The number of fused-ring (bicyclic) bond motifs is 1. The Morgan fingerprint density at radius 1 is 1.38 bits per heavy atom. The summed E-state index contributed by atoms with van der Waals surface area (Å²) in [6.45, 7) is 2.25. The van der Waals surface area contributed by atoms with Gasteiger partial charge in [-0.2, -0.15) is 0 Å². The summed E-state index contributed by atoms with van der Waals surface area (Å²) in [7, 11) is 3.44. The topological polar surface area (TPSA) is 90.6 Å². The van der Waals surface area contributed by atoms with Crippen molar-refractivity contribution in [3.8, 4) is 0 Å². The molecule has 0 bridgehead atoms. The number of pyridine rings is 2. The quantitative estimate of drug-likeness (QED) is 0.886. The Morgan fingerprint density at radius 2 is 2.21 bits per heavy atom. The van der Waals surface area contributed by atoms with Crippen LogP contribution in [0.1, 0.15) is 16.9 Å². The van der Waals surface area contributed by atoms with Crippen LogP contribution in [0.25, 0.3) is 10.9 Å². The molecule has 1 aliphatic rings. The van der Waals surface area contributed by atoms with E-state index in [0.717, 1.165) is 36.1 Å². The summed E-state index contributed by atoms with van der Waals surface area (Å²) in [5, 5.41) is 0.884. The molecule has 0 radical (unpaired) electrons. The van der Waals surface area contributed by atoms with E-state index in [1.165, 1.54) is 0 Å². The Morgan fingerprint density at radius 3 is 2.92 bits per heavy atom. The van der Waals surface area contributed by atoms with Crippen molar-refractivity contribution >= 4 is 22.5 Å². The van der Waals surface area contributed by atoms with Crippen LogP contribution in [-0.2, 0) is 9.47 Å². The summed E-state index contributed by atoms with van der Waals surface area (Å²) in [4.78, 5) is 22.4. The number of nitrogens with zero attached hydrogens (tertiary/aromatic N) is 3. The molecule has 24 heavy (non-hydrogen) atoms. The molecular weight excluding hydrogens is 308 g/mol. The molecule has 0 spiro atoms. The zero-order valence-corrected chi connectivity index (χ0v) is 13.9. The minimum Gasteiger partial charge on any atom is -0.384 e. The number of aromatic nitrogens is 2. The number of ether oxygens (including phenoxy) is 2. The highest BCUT2D eigenvalue weighted by atomic mass is 16.5. The van der Waals surface area contributed by atoms with Gasteiger partial charge in [0, 0.05) is 44.8 Å². The van der Waals surface area contributed by atoms with E-state index in [9.17, 15) is 4.79 Å². The lowest BCUT2D eigenvalue weighted by molar-refractivity contribution is 0.00347. The number of piperidine rings is 1. The molecule has 3 rings (SSSR count). The number of anilines is 1. The largest absolute Gasteiger partial charge is 0.384 e. The van der Waals surface area contributed by atoms with Crippen molar-refractivity contribution in [3.63, 3.8) is 0 Å². The van der Waals surface area contributed by atoms with Crippen molar-refractivity contribution < 1.29 is 14.3 Å². The first-order chi connectivity index (χ1) is 11.6. The highest BCUT2D eigenvalue weighted by Crippen LogP contribution is 2.29. The van der Waals surface area contributed by atoms with Gasteiger partial charge in [0.15, 0.2) is 0 Å². The Balaban J connectivity index is 1.96. The summed E-state index contributed by atoms with van der Waals surface area (Å²) < 4.78 is 10.9. The normalized spacial score (nSPS) is 21.2. The monoisotopic (exact) mass is 330 g/mol. The van der Waals surface area contributed by atoms with Gasteiger partial charge in [0.25, 0.3) is 5.91 Å². The predicted octanol–water partition coefficient (Wildman–Crippen LogP) is 1.22. The minimum atomic E-state index is -0.532. The third-order valence-electron chi connectivity index (χ3n) is 4.52. The van der Waals surface area contributed by atoms with Crippen LogP contribution in [0, 0.1) is 5.92 Å². The molecule has 0 saturated carbocycles. The molecule has 1 amide bonds. The lowest BCUT2D eigenvalue weighted by Gasteiger charge is -2.38. The molecule has 128 valence electrons. The maximum absolute atomic E-state index is 11.4. The number of rotatable bonds is 5. The number of hydrogen-bond donors (Lipinski definition) is 1. The maximum Gasteiger partial charge on any atom is 0.267 e. The molecule has 1 fully saturated rings. The van der Waals surface area contributed by atoms with Gasteiger partial charge in [0.1, 0.15) is 5.69 Å². The molecule has 0 aromatic carbocycles. The summed E-state index contributed by atoms with van der Waals surface area (Å²) in [5.74, 6) is -0.265. The summed E-state index contributed by atoms with van der Waals surface area (Å²) >= 11 is 0. The fourth-order valence-electron chi connectivity index (χ4n) is 3.31. The van der Waals surface area contributed by atoms with E-state index in [2.05, 4.69) is 14.9 Å². The summed E-state index contributed by atoms with van der Waals surface area (Å²) in [5.41, 5.74) is 7.28. The fourth-order valence-corrected chi connectivity index (χ4v) is 3.31. The van der Waals surface area contributed by atoms with Crippen LogP contribution in [-0.4, -0.2) is 55.9 Å². The number of primary amides is 1. The van der Waals surface area contributed by atoms with Crippen LogP contribution in [0.3, 0.4) is 0 Å². The van der Waals surface area contributed by atoms with Crippen LogP contribution >= 0.6 is 0 Å². The number of carbonyl (C=O) groups is 1. The molecule has 2 aromatic heterocycles. The maximum atomic E-state index is 11.4. The second-order valence-electron chi connectivity index (χ2n) is 6.02. The zero-order chi connectivity index (χ0) is 17.1. The van der Waals surface area contributed by atoms with Gasteiger partial charge in [-0.05, 0) is 18.6 Å². The molecular formula is C17H22N4O3. The Bertz CT molecular complexity index is 737. The second kappa shape index (κ2) is 7.11. The van der Waals surface area contributed by atoms with Crippen molar-refractivity contribution in [1.82, 2.24) is 9.97 Å². The molecule has 2 atom stereocenters. The number of carbonyl (C=O) groups excluding carboxylic acids is 1. The van der Waals surface area contributed by atoms with Gasteiger partial charge in [-0.1, -0.05) is 0 Å². The molecule has 3 heterocycles. The lowest BCUT2D eigenvalue weighted by Crippen LogP contribution is -2.46. The minimum absolute atomic E-state index is 0.179. The van der Waals surface area contributed by atoms with E-state index in [4.69, 9.17) is 15.2 Å². The molecule has 2 aromatic rings. The molecule has 7 heteroatoms.